The van der Waals surface area contributed by atoms with Gasteiger partial charge >= 0.3 is 0 Å². The topological polar surface area (TPSA) is 52.0 Å². The summed E-state index contributed by atoms with van der Waals surface area (Å²) in [4.78, 5) is 0. The van der Waals surface area contributed by atoms with Gasteiger partial charge in [0.15, 0.2) is 0 Å². The largest absolute Gasteiger partial charge is 0.399 e. The summed E-state index contributed by atoms with van der Waals surface area (Å²) in [7, 11) is 0. The molecular formula is C31H28N2. The molecule has 0 atom stereocenters. The van der Waals surface area contributed by atoms with E-state index in [-0.39, 0.29) is 0 Å². The number of allylic oxidation sites excluding steroid dienone is 2. The van der Waals surface area contributed by atoms with Crippen LogP contribution in [0.15, 0.2) is 91.0 Å². The van der Waals surface area contributed by atoms with E-state index >= 15 is 0 Å². The van der Waals surface area contributed by atoms with Crippen LogP contribution in [0.4, 0.5) is 11.4 Å². The lowest BCUT2D eigenvalue weighted by atomic mass is 9.88. The molecule has 4 N–H and O–H groups in total. The molecule has 2 heteroatoms. The van der Waals surface area contributed by atoms with Gasteiger partial charge in [-0.15, -0.1) is 0 Å². The van der Waals surface area contributed by atoms with Gasteiger partial charge in [0.05, 0.1) is 0 Å². The van der Waals surface area contributed by atoms with Gasteiger partial charge in [-0.05, 0) is 94.6 Å². The number of benzene rings is 4. The van der Waals surface area contributed by atoms with Crippen molar-refractivity contribution >= 4 is 23.5 Å². The molecule has 33 heavy (non-hydrogen) atoms. The van der Waals surface area contributed by atoms with Crippen molar-refractivity contribution in [2.45, 2.75) is 19.8 Å². The Balaban J connectivity index is 1.66. The van der Waals surface area contributed by atoms with E-state index in [0.29, 0.717) is 0 Å². The second kappa shape index (κ2) is 8.84. The van der Waals surface area contributed by atoms with Gasteiger partial charge in [0.2, 0.25) is 0 Å². The summed E-state index contributed by atoms with van der Waals surface area (Å²) >= 11 is 0. The third kappa shape index (κ3) is 4.08. The lowest BCUT2D eigenvalue weighted by Gasteiger charge is -2.17. The third-order valence-electron chi connectivity index (χ3n) is 6.32. The van der Waals surface area contributed by atoms with E-state index in [1.807, 2.05) is 31.2 Å². The fourth-order valence-electron chi connectivity index (χ4n) is 4.69. The van der Waals surface area contributed by atoms with Crippen LogP contribution in [0.5, 0.6) is 0 Å². The van der Waals surface area contributed by atoms with Crippen LogP contribution in [0.2, 0.25) is 0 Å². The molecule has 0 amide bonds. The van der Waals surface area contributed by atoms with Crippen molar-refractivity contribution in [2.24, 2.45) is 0 Å². The van der Waals surface area contributed by atoms with Crippen LogP contribution in [-0.2, 0) is 6.42 Å². The quantitative estimate of drug-likeness (QED) is 0.325. The highest BCUT2D eigenvalue weighted by Gasteiger charge is 2.13. The first-order valence-corrected chi connectivity index (χ1v) is 11.5. The second-order valence-electron chi connectivity index (χ2n) is 8.55. The van der Waals surface area contributed by atoms with E-state index < -0.39 is 0 Å². The van der Waals surface area contributed by atoms with Gasteiger partial charge in [-0.3, -0.25) is 0 Å². The maximum Gasteiger partial charge on any atom is 0.0467 e. The third-order valence-corrected chi connectivity index (χ3v) is 6.32. The molecule has 0 unspecified atom stereocenters. The number of anilines is 2. The number of nitrogens with two attached hydrogens (primary N) is 2. The molecule has 1 aliphatic carbocycles. The number of fused-ring (bicyclic) bond motifs is 1. The van der Waals surface area contributed by atoms with Gasteiger partial charge in [0.25, 0.3) is 0 Å². The molecule has 0 heterocycles. The van der Waals surface area contributed by atoms with Crippen LogP contribution >= 0.6 is 0 Å². The molecule has 0 bridgehead atoms. The average Bonchev–Trinajstić information content (AvgIpc) is 2.85. The van der Waals surface area contributed by atoms with Crippen LogP contribution in [0.3, 0.4) is 0 Å². The summed E-state index contributed by atoms with van der Waals surface area (Å²) in [5.74, 6) is 0. The van der Waals surface area contributed by atoms with Crippen molar-refractivity contribution in [3.8, 4) is 33.4 Å². The zero-order valence-electron chi connectivity index (χ0n) is 18.9. The molecule has 0 aromatic heterocycles. The molecule has 0 aliphatic heterocycles. The van der Waals surface area contributed by atoms with Crippen LogP contribution in [0.25, 0.3) is 45.5 Å². The van der Waals surface area contributed by atoms with Crippen molar-refractivity contribution in [2.75, 3.05) is 11.5 Å². The van der Waals surface area contributed by atoms with Gasteiger partial charge in [0.1, 0.15) is 0 Å². The van der Waals surface area contributed by atoms with Gasteiger partial charge < -0.3 is 11.5 Å². The molecule has 1 aliphatic rings. The Morgan fingerprint density at radius 1 is 0.727 bits per heavy atom. The van der Waals surface area contributed by atoms with E-state index in [2.05, 4.69) is 78.9 Å². The Kier molecular flexibility index (Phi) is 5.58. The summed E-state index contributed by atoms with van der Waals surface area (Å²) in [6.45, 7) is 2.01. The molecule has 0 radical (unpaired) electrons. The first kappa shape index (κ1) is 20.8. The fourth-order valence-corrected chi connectivity index (χ4v) is 4.69. The monoisotopic (exact) mass is 428 g/mol. The Labute approximate surface area is 195 Å². The Hall–Kier alpha value is -4.04. The Morgan fingerprint density at radius 3 is 2.30 bits per heavy atom. The molecule has 0 spiro atoms. The molecule has 162 valence electrons. The molecule has 2 nitrogen and oxygen atoms in total. The van der Waals surface area contributed by atoms with Crippen LogP contribution in [0.1, 0.15) is 30.0 Å². The lowest BCUT2D eigenvalue weighted by molar-refractivity contribution is 0.986. The molecule has 5 rings (SSSR count). The highest BCUT2D eigenvalue weighted by molar-refractivity contribution is 5.89. The molecule has 0 fully saturated rings. The predicted molar refractivity (Wildman–Crippen MR) is 144 cm³/mol. The van der Waals surface area contributed by atoms with E-state index in [9.17, 15) is 0 Å². The Bertz CT molecular complexity index is 1390. The smallest absolute Gasteiger partial charge is 0.0467 e. The average molecular weight is 429 g/mol. The maximum absolute atomic E-state index is 6.60. The Morgan fingerprint density at radius 2 is 1.48 bits per heavy atom. The highest BCUT2D eigenvalue weighted by atomic mass is 14.6. The first-order valence-electron chi connectivity index (χ1n) is 11.5. The molecular weight excluding hydrogens is 400 g/mol. The first-order chi connectivity index (χ1) is 16.1. The molecule has 0 saturated heterocycles. The van der Waals surface area contributed by atoms with E-state index in [1.54, 1.807) is 0 Å². The standard InChI is InChI=1S/C31H28N2/c1-2-8-25-18-26(20-30(31(25)33)24-13-6-14-27(32)19-24)22-11-5-12-23(17-22)29-16-7-10-21-9-3-4-15-28(21)29/h2,4-8,10-20H,3,9,32-33H2,1H3/b8-2-. The van der Waals surface area contributed by atoms with Crippen molar-refractivity contribution in [3.63, 3.8) is 0 Å². The SMILES string of the molecule is C/C=C\c1cc(-c2cccc(-c3cccc4c3C=CCC4)c2)cc(-c2cccc(N)c2)c1N. The molecule has 4 aromatic carbocycles. The maximum atomic E-state index is 6.60. The van der Waals surface area contributed by atoms with Crippen LogP contribution < -0.4 is 11.5 Å². The van der Waals surface area contributed by atoms with Crippen LogP contribution in [-0.4, -0.2) is 0 Å². The minimum absolute atomic E-state index is 0.730. The molecule has 4 aromatic rings. The zero-order chi connectivity index (χ0) is 22.8. The summed E-state index contributed by atoms with van der Waals surface area (Å²) in [6.07, 6.45) is 10.9. The van der Waals surface area contributed by atoms with Gasteiger partial charge in [-0.1, -0.05) is 72.8 Å². The number of hydrogen-bond acceptors (Lipinski definition) is 2. The minimum atomic E-state index is 0.730. The second-order valence-corrected chi connectivity index (χ2v) is 8.55. The number of rotatable bonds is 4. The van der Waals surface area contributed by atoms with E-state index in [1.165, 1.54) is 27.8 Å². The number of nitrogen functional groups attached to an aromatic ring is 2. The fraction of sp³-hybridized carbons (Fsp3) is 0.0968. The predicted octanol–water partition coefficient (Wildman–Crippen LogP) is 7.84. The van der Waals surface area contributed by atoms with E-state index in [4.69, 9.17) is 11.5 Å². The van der Waals surface area contributed by atoms with Crippen LogP contribution in [0, 0.1) is 0 Å². The molecule has 0 saturated carbocycles. The summed E-state index contributed by atoms with van der Waals surface area (Å²) in [6, 6.07) is 27.7. The van der Waals surface area contributed by atoms with Gasteiger partial charge in [-0.2, -0.15) is 0 Å². The van der Waals surface area contributed by atoms with Crippen molar-refractivity contribution in [3.05, 3.63) is 108 Å². The van der Waals surface area contributed by atoms with Crippen molar-refractivity contribution in [1.82, 2.24) is 0 Å². The zero-order valence-corrected chi connectivity index (χ0v) is 18.9. The summed E-state index contributed by atoms with van der Waals surface area (Å²) < 4.78 is 0. The lowest BCUT2D eigenvalue weighted by Crippen LogP contribution is -1.97. The van der Waals surface area contributed by atoms with Crippen molar-refractivity contribution in [1.29, 1.82) is 0 Å². The van der Waals surface area contributed by atoms with Gasteiger partial charge in [-0.25, -0.2) is 0 Å². The number of hydrogen-bond donors (Lipinski definition) is 2. The summed E-state index contributed by atoms with van der Waals surface area (Å²) in [5.41, 5.74) is 24.8. The highest BCUT2D eigenvalue weighted by Crippen LogP contribution is 2.38. The number of aryl methyl sites for hydroxylation is 1. The summed E-state index contributed by atoms with van der Waals surface area (Å²) in [5, 5.41) is 0. The minimum Gasteiger partial charge on any atom is -0.399 e. The van der Waals surface area contributed by atoms with E-state index in [0.717, 1.165) is 46.5 Å². The van der Waals surface area contributed by atoms with Crippen molar-refractivity contribution < 1.29 is 0 Å². The normalized spacial score (nSPS) is 12.8. The van der Waals surface area contributed by atoms with Gasteiger partial charge in [0, 0.05) is 16.9 Å².